The Morgan fingerprint density at radius 2 is 1.85 bits per heavy atom. The maximum Gasteiger partial charge on any atom is 0.335 e. The molecule has 0 aliphatic rings. The van der Waals surface area contributed by atoms with Crippen molar-refractivity contribution >= 4 is 23.3 Å². The number of carbonyl (C=O) groups excluding carboxylic acids is 2. The van der Waals surface area contributed by atoms with E-state index in [1.807, 2.05) is 0 Å². The number of carboxylic acids is 1. The van der Waals surface area contributed by atoms with Crippen LogP contribution in [0.3, 0.4) is 0 Å². The third-order valence-corrected chi connectivity index (χ3v) is 3.78. The maximum atomic E-state index is 12.1. The third kappa shape index (κ3) is 5.85. The van der Waals surface area contributed by atoms with Gasteiger partial charge in [0.05, 0.1) is 25.0 Å². The second-order valence-corrected chi connectivity index (χ2v) is 5.80. The van der Waals surface area contributed by atoms with Crippen LogP contribution in [0.4, 0.5) is 5.69 Å². The summed E-state index contributed by atoms with van der Waals surface area (Å²) in [4.78, 5) is 34.4. The van der Waals surface area contributed by atoms with E-state index in [1.165, 1.54) is 32.2 Å². The number of aromatic carboxylic acids is 1. The van der Waals surface area contributed by atoms with Crippen LogP contribution in [0.2, 0.25) is 0 Å². The highest BCUT2D eigenvalue weighted by Crippen LogP contribution is 2.26. The minimum atomic E-state index is -1.07. The summed E-state index contributed by atoms with van der Waals surface area (Å²) in [6.45, 7) is 1.81. The van der Waals surface area contributed by atoms with Gasteiger partial charge in [0.2, 0.25) is 5.91 Å². The Balaban J connectivity index is 1.84. The quantitative estimate of drug-likeness (QED) is 0.517. The second kappa shape index (κ2) is 9.38. The fraction of sp³-hybridized carbons (Fsp3) is 0.250. The van der Waals surface area contributed by atoms with Crippen molar-refractivity contribution in [2.75, 3.05) is 19.0 Å². The Morgan fingerprint density at radius 3 is 2.52 bits per heavy atom. The molecule has 2 aromatic carbocycles. The van der Waals surface area contributed by atoms with E-state index in [9.17, 15) is 14.4 Å². The predicted molar refractivity (Wildman–Crippen MR) is 99.8 cm³/mol. The number of ketones is 1. The molecule has 0 aromatic heterocycles. The van der Waals surface area contributed by atoms with Crippen molar-refractivity contribution in [3.05, 3.63) is 53.6 Å². The Bertz CT molecular complexity index is 846. The molecule has 0 aliphatic carbocycles. The lowest BCUT2D eigenvalue weighted by atomic mass is 10.1. The van der Waals surface area contributed by atoms with Gasteiger partial charge in [-0.25, -0.2) is 4.79 Å². The predicted octanol–water partition coefficient (Wildman–Crippen LogP) is 3.39. The molecule has 2 rings (SSSR count). The molecule has 0 fully saturated rings. The average Bonchev–Trinajstić information content (AvgIpc) is 2.65. The summed E-state index contributed by atoms with van der Waals surface area (Å²) in [5, 5.41) is 11.7. The highest BCUT2D eigenvalue weighted by molar-refractivity contribution is 5.95. The molecule has 0 radical (unpaired) electrons. The van der Waals surface area contributed by atoms with Crippen molar-refractivity contribution in [3.8, 4) is 11.5 Å². The SMILES string of the molecule is COc1cc(C(=O)O)ccc1NC(=O)CCCOc1cccc(C(C)=O)c1. The summed E-state index contributed by atoms with van der Waals surface area (Å²) < 4.78 is 10.7. The number of carbonyl (C=O) groups is 3. The molecule has 1 amide bonds. The molecule has 0 bridgehead atoms. The number of hydrogen-bond acceptors (Lipinski definition) is 5. The summed E-state index contributed by atoms with van der Waals surface area (Å²) in [6.07, 6.45) is 0.696. The number of carboxylic acid groups (broad SMARTS) is 1. The summed E-state index contributed by atoms with van der Waals surface area (Å²) in [6, 6.07) is 11.1. The van der Waals surface area contributed by atoms with E-state index in [0.29, 0.717) is 30.0 Å². The lowest BCUT2D eigenvalue weighted by Crippen LogP contribution is -2.14. The first kappa shape index (κ1) is 20.0. The fourth-order valence-corrected chi connectivity index (χ4v) is 2.37. The van der Waals surface area contributed by atoms with Crippen molar-refractivity contribution in [3.63, 3.8) is 0 Å². The normalized spacial score (nSPS) is 10.1. The van der Waals surface area contributed by atoms with Gasteiger partial charge in [-0.05, 0) is 43.7 Å². The minimum Gasteiger partial charge on any atom is -0.495 e. The van der Waals surface area contributed by atoms with E-state index < -0.39 is 5.97 Å². The van der Waals surface area contributed by atoms with Gasteiger partial charge in [-0.1, -0.05) is 12.1 Å². The number of methoxy groups -OCH3 is 1. The average molecular weight is 371 g/mol. The number of rotatable bonds is 9. The summed E-state index contributed by atoms with van der Waals surface area (Å²) >= 11 is 0. The molecule has 0 unspecified atom stereocenters. The van der Waals surface area contributed by atoms with Crippen molar-refractivity contribution in [2.45, 2.75) is 19.8 Å². The second-order valence-electron chi connectivity index (χ2n) is 5.80. The first-order chi connectivity index (χ1) is 12.9. The molecule has 0 aliphatic heterocycles. The van der Waals surface area contributed by atoms with Crippen LogP contribution in [0.1, 0.15) is 40.5 Å². The highest BCUT2D eigenvalue weighted by atomic mass is 16.5. The van der Waals surface area contributed by atoms with E-state index in [4.69, 9.17) is 14.6 Å². The van der Waals surface area contributed by atoms with Gasteiger partial charge in [0.25, 0.3) is 0 Å². The molecular weight excluding hydrogens is 350 g/mol. The molecule has 0 spiro atoms. The van der Waals surface area contributed by atoms with E-state index >= 15 is 0 Å². The Hall–Kier alpha value is -3.35. The molecule has 0 saturated carbocycles. The number of ether oxygens (including phenoxy) is 2. The molecule has 7 heteroatoms. The molecule has 2 N–H and O–H groups in total. The first-order valence-electron chi connectivity index (χ1n) is 8.35. The highest BCUT2D eigenvalue weighted by Gasteiger charge is 2.11. The number of amides is 1. The maximum absolute atomic E-state index is 12.1. The standard InChI is InChI=1S/C20H21NO6/c1-13(22)14-5-3-6-16(11-14)27-10-4-7-19(23)21-17-9-8-15(20(24)25)12-18(17)26-2/h3,5-6,8-9,11-12H,4,7,10H2,1-2H3,(H,21,23)(H,24,25). The zero-order valence-corrected chi connectivity index (χ0v) is 15.2. The summed E-state index contributed by atoms with van der Waals surface area (Å²) in [5.41, 5.74) is 1.05. The molecular formula is C20H21NO6. The van der Waals surface area contributed by atoms with Crippen LogP contribution in [0.15, 0.2) is 42.5 Å². The number of benzene rings is 2. The van der Waals surface area contributed by atoms with E-state index in [-0.39, 0.29) is 29.4 Å². The zero-order chi connectivity index (χ0) is 19.8. The van der Waals surface area contributed by atoms with Gasteiger partial charge in [-0.2, -0.15) is 0 Å². The summed E-state index contributed by atoms with van der Waals surface area (Å²) in [7, 11) is 1.40. The van der Waals surface area contributed by atoms with E-state index in [0.717, 1.165) is 0 Å². The van der Waals surface area contributed by atoms with E-state index in [1.54, 1.807) is 24.3 Å². The van der Waals surface area contributed by atoms with Gasteiger partial charge < -0.3 is 19.9 Å². The van der Waals surface area contributed by atoms with Crippen LogP contribution in [0.25, 0.3) is 0 Å². The molecule has 2 aromatic rings. The van der Waals surface area contributed by atoms with Crippen molar-refractivity contribution in [1.82, 2.24) is 0 Å². The first-order valence-corrected chi connectivity index (χ1v) is 8.35. The lowest BCUT2D eigenvalue weighted by molar-refractivity contribution is -0.116. The van der Waals surface area contributed by atoms with Gasteiger partial charge in [-0.15, -0.1) is 0 Å². The number of anilines is 1. The van der Waals surface area contributed by atoms with Gasteiger partial charge in [0.15, 0.2) is 5.78 Å². The molecule has 142 valence electrons. The summed E-state index contributed by atoms with van der Waals surface area (Å²) in [5.74, 6) is -0.494. The van der Waals surface area contributed by atoms with Crippen LogP contribution < -0.4 is 14.8 Å². The molecule has 0 atom stereocenters. The van der Waals surface area contributed by atoms with Gasteiger partial charge in [0.1, 0.15) is 11.5 Å². The van der Waals surface area contributed by atoms with Gasteiger partial charge in [0, 0.05) is 12.0 Å². The molecule has 0 saturated heterocycles. The Labute approximate surface area is 156 Å². The Kier molecular flexibility index (Phi) is 6.93. The van der Waals surface area contributed by atoms with E-state index in [2.05, 4.69) is 5.32 Å². The molecule has 0 heterocycles. The van der Waals surface area contributed by atoms with Crippen molar-refractivity contribution < 1.29 is 29.0 Å². The smallest absolute Gasteiger partial charge is 0.335 e. The van der Waals surface area contributed by atoms with Crippen LogP contribution >= 0.6 is 0 Å². The minimum absolute atomic E-state index is 0.0392. The third-order valence-electron chi connectivity index (χ3n) is 3.78. The van der Waals surface area contributed by atoms with Crippen molar-refractivity contribution in [1.29, 1.82) is 0 Å². The number of nitrogens with one attached hydrogen (secondary N) is 1. The monoisotopic (exact) mass is 371 g/mol. The number of hydrogen-bond donors (Lipinski definition) is 2. The van der Waals surface area contributed by atoms with Crippen LogP contribution in [0, 0.1) is 0 Å². The van der Waals surface area contributed by atoms with Crippen LogP contribution in [0.5, 0.6) is 11.5 Å². The van der Waals surface area contributed by atoms with Crippen molar-refractivity contribution in [2.24, 2.45) is 0 Å². The van der Waals surface area contributed by atoms with Gasteiger partial charge in [-0.3, -0.25) is 9.59 Å². The zero-order valence-electron chi connectivity index (χ0n) is 15.2. The topological polar surface area (TPSA) is 102 Å². The van der Waals surface area contributed by atoms with Crippen LogP contribution in [-0.4, -0.2) is 36.5 Å². The molecule has 7 nitrogen and oxygen atoms in total. The molecule has 27 heavy (non-hydrogen) atoms. The van der Waals surface area contributed by atoms with Crippen LogP contribution in [-0.2, 0) is 4.79 Å². The number of Topliss-reactive ketones (excluding diaryl/α,β-unsaturated/α-hetero) is 1. The lowest BCUT2D eigenvalue weighted by Gasteiger charge is -2.11. The van der Waals surface area contributed by atoms with Gasteiger partial charge >= 0.3 is 5.97 Å². The fourth-order valence-electron chi connectivity index (χ4n) is 2.37. The Morgan fingerprint density at radius 1 is 1.07 bits per heavy atom. The largest absolute Gasteiger partial charge is 0.495 e.